The summed E-state index contributed by atoms with van der Waals surface area (Å²) < 4.78 is 0. The summed E-state index contributed by atoms with van der Waals surface area (Å²) >= 11 is 0. The van der Waals surface area contributed by atoms with E-state index in [4.69, 9.17) is 0 Å². The Balaban J connectivity index is 1.81. The van der Waals surface area contributed by atoms with Gasteiger partial charge in [0.2, 0.25) is 0 Å². The molecule has 0 spiro atoms. The van der Waals surface area contributed by atoms with Crippen molar-refractivity contribution in [1.29, 1.82) is 0 Å². The summed E-state index contributed by atoms with van der Waals surface area (Å²) in [6.07, 6.45) is 39.1. The van der Waals surface area contributed by atoms with Crippen molar-refractivity contribution in [3.63, 3.8) is 0 Å². The standard InChI is InChI=1S/C40H58/c1-31(19-13-21-33(3)25-27-37-35(5)23-15-29-39(37,7)8)17-11-12-18-32(2)20-14-22-34(4)26-28-38-36(6)24-16-30-40(38,9)10/h11-14,17,19-23,25-28,32,37H,15-16,18,24,29-30H2,1-10H3/b12-11+,19-13+,20-14+,27-25+,28-26+,31-17+,33-21+,34-22+. The molecule has 0 saturated heterocycles. The van der Waals surface area contributed by atoms with Crippen LogP contribution < -0.4 is 0 Å². The summed E-state index contributed by atoms with van der Waals surface area (Å²) in [6, 6.07) is 0. The number of allylic oxidation sites excluding steroid dienone is 20. The molecule has 0 aliphatic heterocycles. The van der Waals surface area contributed by atoms with Gasteiger partial charge in [0.1, 0.15) is 0 Å². The molecule has 2 rings (SSSR count). The van der Waals surface area contributed by atoms with E-state index >= 15 is 0 Å². The molecule has 218 valence electrons. The Kier molecular flexibility index (Phi) is 13.4. The second kappa shape index (κ2) is 16.0. The zero-order chi connectivity index (χ0) is 29.8. The summed E-state index contributed by atoms with van der Waals surface area (Å²) in [7, 11) is 0. The summed E-state index contributed by atoms with van der Waals surface area (Å²) in [4.78, 5) is 0. The van der Waals surface area contributed by atoms with E-state index in [1.54, 1.807) is 5.57 Å². The lowest BCUT2D eigenvalue weighted by Gasteiger charge is -2.36. The lowest BCUT2D eigenvalue weighted by atomic mass is 9.68. The molecule has 0 heteroatoms. The van der Waals surface area contributed by atoms with E-state index < -0.39 is 0 Å². The summed E-state index contributed by atoms with van der Waals surface area (Å²) in [5.74, 6) is 1.05. The topological polar surface area (TPSA) is 0 Å². The Labute approximate surface area is 248 Å². The minimum atomic E-state index is 0.300. The van der Waals surface area contributed by atoms with Crippen LogP contribution in [0.2, 0.25) is 0 Å². The van der Waals surface area contributed by atoms with Crippen LogP contribution in [0.1, 0.15) is 108 Å². The van der Waals surface area contributed by atoms with Crippen molar-refractivity contribution in [1.82, 2.24) is 0 Å². The third-order valence-electron chi connectivity index (χ3n) is 8.71. The molecule has 0 N–H and O–H groups in total. The Bertz CT molecular complexity index is 1140. The van der Waals surface area contributed by atoms with E-state index in [0.717, 1.165) is 6.42 Å². The first-order valence-corrected chi connectivity index (χ1v) is 15.6. The van der Waals surface area contributed by atoms with Gasteiger partial charge in [-0.1, -0.05) is 148 Å². The highest BCUT2D eigenvalue weighted by Crippen LogP contribution is 2.42. The number of hydrogen-bond donors (Lipinski definition) is 0. The molecule has 0 heterocycles. The first kappa shape index (κ1) is 33.6. The average Bonchev–Trinajstić information content (AvgIpc) is 2.85. The van der Waals surface area contributed by atoms with Crippen LogP contribution in [-0.4, -0.2) is 0 Å². The Morgan fingerprint density at radius 2 is 1.52 bits per heavy atom. The van der Waals surface area contributed by atoms with E-state index in [0.29, 0.717) is 22.7 Å². The third-order valence-corrected chi connectivity index (χ3v) is 8.71. The molecular formula is C40H58. The van der Waals surface area contributed by atoms with Crippen molar-refractivity contribution in [3.8, 4) is 0 Å². The molecule has 2 aliphatic rings. The van der Waals surface area contributed by atoms with Crippen molar-refractivity contribution in [3.05, 3.63) is 119 Å². The molecular weight excluding hydrogens is 480 g/mol. The first-order chi connectivity index (χ1) is 18.8. The zero-order valence-electron chi connectivity index (χ0n) is 27.5. The fourth-order valence-electron chi connectivity index (χ4n) is 5.96. The highest BCUT2D eigenvalue weighted by molar-refractivity contribution is 5.37. The minimum Gasteiger partial charge on any atom is -0.0850 e. The lowest BCUT2D eigenvalue weighted by molar-refractivity contribution is 0.255. The maximum Gasteiger partial charge on any atom is 0.00285 e. The van der Waals surface area contributed by atoms with Gasteiger partial charge in [0, 0.05) is 5.92 Å². The first-order valence-electron chi connectivity index (χ1n) is 15.6. The van der Waals surface area contributed by atoms with Gasteiger partial charge in [-0.2, -0.15) is 0 Å². The fraction of sp³-hybridized carbons (Fsp3) is 0.500. The predicted octanol–water partition coefficient (Wildman–Crippen LogP) is 12.5. The van der Waals surface area contributed by atoms with Crippen LogP contribution in [0, 0.1) is 22.7 Å². The Morgan fingerprint density at radius 3 is 2.23 bits per heavy atom. The van der Waals surface area contributed by atoms with Crippen LogP contribution >= 0.6 is 0 Å². The van der Waals surface area contributed by atoms with E-state index in [1.807, 2.05) is 0 Å². The van der Waals surface area contributed by atoms with Crippen LogP contribution in [-0.2, 0) is 0 Å². The summed E-state index contributed by atoms with van der Waals surface area (Å²) in [5.41, 5.74) is 9.10. The molecule has 0 bridgehead atoms. The molecule has 0 amide bonds. The molecule has 0 nitrogen and oxygen atoms in total. The van der Waals surface area contributed by atoms with Crippen LogP contribution in [0.4, 0.5) is 0 Å². The summed E-state index contributed by atoms with van der Waals surface area (Å²) in [5, 5.41) is 0. The molecule has 0 aromatic carbocycles. The molecule has 40 heavy (non-hydrogen) atoms. The van der Waals surface area contributed by atoms with Gasteiger partial charge in [0.15, 0.2) is 0 Å². The lowest BCUT2D eigenvalue weighted by Crippen LogP contribution is -2.26. The van der Waals surface area contributed by atoms with Gasteiger partial charge in [-0.05, 0) is 95.5 Å². The van der Waals surface area contributed by atoms with E-state index in [1.165, 1.54) is 60.0 Å². The SMILES string of the molecule is CC1=CCCC(C)(C)C1/C=C/C(C)=C/C=C/C(C)=C/C=C/CC(C)/C=C/C=C(C)/C=C/C1=C(C)CCCC1(C)C. The average molecular weight is 539 g/mol. The fourth-order valence-corrected chi connectivity index (χ4v) is 5.96. The quantitative estimate of drug-likeness (QED) is 0.181. The molecule has 0 radical (unpaired) electrons. The highest BCUT2D eigenvalue weighted by Gasteiger charge is 2.30. The molecule has 0 aromatic heterocycles. The van der Waals surface area contributed by atoms with Gasteiger partial charge < -0.3 is 0 Å². The second-order valence-corrected chi connectivity index (χ2v) is 13.7. The van der Waals surface area contributed by atoms with Gasteiger partial charge in [0.05, 0.1) is 0 Å². The van der Waals surface area contributed by atoms with Gasteiger partial charge in [0.25, 0.3) is 0 Å². The predicted molar refractivity (Wildman–Crippen MR) is 181 cm³/mol. The largest absolute Gasteiger partial charge is 0.0850 e. The minimum absolute atomic E-state index is 0.300. The second-order valence-electron chi connectivity index (χ2n) is 13.7. The van der Waals surface area contributed by atoms with E-state index in [2.05, 4.69) is 154 Å². The van der Waals surface area contributed by atoms with Crippen molar-refractivity contribution in [2.75, 3.05) is 0 Å². The number of rotatable bonds is 11. The maximum atomic E-state index is 2.41. The van der Waals surface area contributed by atoms with Crippen LogP contribution in [0.3, 0.4) is 0 Å². The Morgan fingerprint density at radius 1 is 0.875 bits per heavy atom. The number of hydrogen-bond acceptors (Lipinski definition) is 0. The molecule has 2 aliphatic carbocycles. The third kappa shape index (κ3) is 11.5. The summed E-state index contributed by atoms with van der Waals surface area (Å²) in [6.45, 7) is 23.0. The van der Waals surface area contributed by atoms with Crippen molar-refractivity contribution >= 4 is 0 Å². The maximum absolute atomic E-state index is 2.41. The molecule has 0 saturated carbocycles. The van der Waals surface area contributed by atoms with Gasteiger partial charge >= 0.3 is 0 Å². The molecule has 2 unspecified atom stereocenters. The highest BCUT2D eigenvalue weighted by atomic mass is 14.3. The van der Waals surface area contributed by atoms with Crippen molar-refractivity contribution < 1.29 is 0 Å². The molecule has 0 aromatic rings. The smallest absolute Gasteiger partial charge is 0.00285 e. The van der Waals surface area contributed by atoms with Crippen LogP contribution in [0.5, 0.6) is 0 Å². The monoisotopic (exact) mass is 538 g/mol. The Hall–Kier alpha value is -2.60. The van der Waals surface area contributed by atoms with Crippen LogP contribution in [0.25, 0.3) is 0 Å². The van der Waals surface area contributed by atoms with Crippen LogP contribution in [0.15, 0.2) is 119 Å². The van der Waals surface area contributed by atoms with Gasteiger partial charge in [-0.25, -0.2) is 0 Å². The zero-order valence-corrected chi connectivity index (χ0v) is 27.5. The normalized spacial score (nSPS) is 23.9. The molecule has 0 fully saturated rings. The van der Waals surface area contributed by atoms with Gasteiger partial charge in [-0.15, -0.1) is 0 Å². The van der Waals surface area contributed by atoms with E-state index in [9.17, 15) is 0 Å². The van der Waals surface area contributed by atoms with Gasteiger partial charge in [-0.3, -0.25) is 0 Å². The van der Waals surface area contributed by atoms with E-state index in [-0.39, 0.29) is 0 Å². The van der Waals surface area contributed by atoms with Crippen molar-refractivity contribution in [2.24, 2.45) is 22.7 Å². The van der Waals surface area contributed by atoms with Crippen molar-refractivity contribution in [2.45, 2.75) is 108 Å². The molecule has 2 atom stereocenters.